The minimum atomic E-state index is 0.126. The summed E-state index contributed by atoms with van der Waals surface area (Å²) in [5.74, 6) is 0.361. The summed E-state index contributed by atoms with van der Waals surface area (Å²) < 4.78 is 5.77. The van der Waals surface area contributed by atoms with Crippen LogP contribution in [-0.4, -0.2) is 55.1 Å². The van der Waals surface area contributed by atoms with Gasteiger partial charge in [0.2, 0.25) is 11.8 Å². The molecule has 6 nitrogen and oxygen atoms in total. The standard InChI is InChI=1S/C19H37N3O3/c1-16(2)25-17-11-14-22(15-17)19(24)10-6-4-8-13-21-18(23)9-5-3-7-12-20/h16-17H,3-15,20H2,1-2H3,(H,21,23). The number of amides is 2. The van der Waals surface area contributed by atoms with Crippen LogP contribution in [0, 0.1) is 0 Å². The molecular weight excluding hydrogens is 318 g/mol. The van der Waals surface area contributed by atoms with Gasteiger partial charge in [0.15, 0.2) is 0 Å². The third-order valence-electron chi connectivity index (χ3n) is 4.46. The molecule has 25 heavy (non-hydrogen) atoms. The normalized spacial score (nSPS) is 17.3. The maximum atomic E-state index is 12.2. The Kier molecular flexibility index (Phi) is 11.5. The number of ether oxygens (including phenoxy) is 1. The van der Waals surface area contributed by atoms with Gasteiger partial charge in [0, 0.05) is 32.5 Å². The summed E-state index contributed by atoms with van der Waals surface area (Å²) >= 11 is 0. The van der Waals surface area contributed by atoms with Crippen molar-refractivity contribution in [3.8, 4) is 0 Å². The monoisotopic (exact) mass is 355 g/mol. The first-order valence-corrected chi connectivity index (χ1v) is 9.93. The van der Waals surface area contributed by atoms with E-state index in [-0.39, 0.29) is 24.0 Å². The minimum Gasteiger partial charge on any atom is -0.374 e. The zero-order chi connectivity index (χ0) is 18.5. The molecule has 0 aromatic rings. The smallest absolute Gasteiger partial charge is 0.222 e. The van der Waals surface area contributed by atoms with Crippen molar-refractivity contribution in [3.05, 3.63) is 0 Å². The first-order valence-electron chi connectivity index (χ1n) is 9.93. The molecule has 1 unspecified atom stereocenters. The molecule has 6 heteroatoms. The number of nitrogens with one attached hydrogen (secondary N) is 1. The topological polar surface area (TPSA) is 84.7 Å². The van der Waals surface area contributed by atoms with Gasteiger partial charge in [0.25, 0.3) is 0 Å². The van der Waals surface area contributed by atoms with Gasteiger partial charge in [0.05, 0.1) is 12.2 Å². The van der Waals surface area contributed by atoms with Crippen molar-refractivity contribution in [2.24, 2.45) is 5.73 Å². The van der Waals surface area contributed by atoms with E-state index in [9.17, 15) is 9.59 Å². The summed E-state index contributed by atoms with van der Waals surface area (Å²) in [6, 6.07) is 0. The van der Waals surface area contributed by atoms with Crippen LogP contribution < -0.4 is 11.1 Å². The van der Waals surface area contributed by atoms with Crippen LogP contribution in [-0.2, 0) is 14.3 Å². The first-order chi connectivity index (χ1) is 12.0. The fourth-order valence-electron chi connectivity index (χ4n) is 3.11. The van der Waals surface area contributed by atoms with Crippen molar-refractivity contribution in [1.82, 2.24) is 10.2 Å². The lowest BCUT2D eigenvalue weighted by atomic mass is 10.1. The fourth-order valence-corrected chi connectivity index (χ4v) is 3.11. The average Bonchev–Trinajstić information content (AvgIpc) is 3.02. The van der Waals surface area contributed by atoms with Crippen molar-refractivity contribution < 1.29 is 14.3 Å². The molecule has 2 amide bonds. The molecule has 1 atom stereocenters. The number of nitrogens with zero attached hydrogens (tertiary/aromatic N) is 1. The second kappa shape index (κ2) is 13.1. The van der Waals surface area contributed by atoms with E-state index in [0.29, 0.717) is 25.9 Å². The van der Waals surface area contributed by atoms with Gasteiger partial charge in [-0.1, -0.05) is 12.8 Å². The summed E-state index contributed by atoms with van der Waals surface area (Å²) in [6.07, 6.45) is 8.26. The van der Waals surface area contributed by atoms with Crippen LogP contribution >= 0.6 is 0 Å². The fraction of sp³-hybridized carbons (Fsp3) is 0.895. The van der Waals surface area contributed by atoms with E-state index in [1.807, 2.05) is 18.7 Å². The summed E-state index contributed by atoms with van der Waals surface area (Å²) in [5.41, 5.74) is 5.43. The molecule has 0 spiro atoms. The van der Waals surface area contributed by atoms with Crippen LogP contribution in [0.1, 0.15) is 71.6 Å². The molecule has 0 aromatic carbocycles. The Bertz CT molecular complexity index is 388. The highest BCUT2D eigenvalue weighted by Crippen LogP contribution is 2.16. The van der Waals surface area contributed by atoms with E-state index in [0.717, 1.165) is 58.0 Å². The highest BCUT2D eigenvalue weighted by atomic mass is 16.5. The van der Waals surface area contributed by atoms with Gasteiger partial charge in [-0.2, -0.15) is 0 Å². The number of hydrogen-bond donors (Lipinski definition) is 2. The number of unbranched alkanes of at least 4 members (excludes halogenated alkanes) is 4. The van der Waals surface area contributed by atoms with Crippen molar-refractivity contribution in [2.75, 3.05) is 26.2 Å². The van der Waals surface area contributed by atoms with E-state index in [2.05, 4.69) is 5.32 Å². The molecule has 1 rings (SSSR count). The number of nitrogens with two attached hydrogens (primary N) is 1. The molecule has 0 radical (unpaired) electrons. The van der Waals surface area contributed by atoms with Gasteiger partial charge in [-0.05, 0) is 52.5 Å². The summed E-state index contributed by atoms with van der Waals surface area (Å²) in [7, 11) is 0. The molecule has 0 bridgehead atoms. The Hall–Kier alpha value is -1.14. The molecule has 3 N–H and O–H groups in total. The van der Waals surface area contributed by atoms with Crippen molar-refractivity contribution in [2.45, 2.75) is 83.8 Å². The van der Waals surface area contributed by atoms with E-state index in [1.165, 1.54) is 0 Å². The molecule has 1 aliphatic rings. The van der Waals surface area contributed by atoms with Crippen molar-refractivity contribution in [3.63, 3.8) is 0 Å². The molecule has 0 saturated carbocycles. The van der Waals surface area contributed by atoms with Crippen LogP contribution in [0.5, 0.6) is 0 Å². The van der Waals surface area contributed by atoms with E-state index in [1.54, 1.807) is 0 Å². The first kappa shape index (κ1) is 21.9. The quantitative estimate of drug-likeness (QED) is 0.496. The third-order valence-corrected chi connectivity index (χ3v) is 4.46. The largest absolute Gasteiger partial charge is 0.374 e. The lowest BCUT2D eigenvalue weighted by molar-refractivity contribution is -0.131. The zero-order valence-electron chi connectivity index (χ0n) is 16.1. The molecule has 146 valence electrons. The van der Waals surface area contributed by atoms with Crippen LogP contribution in [0.4, 0.5) is 0 Å². The van der Waals surface area contributed by atoms with E-state index < -0.39 is 0 Å². The minimum absolute atomic E-state index is 0.126. The lowest BCUT2D eigenvalue weighted by Crippen LogP contribution is -2.30. The average molecular weight is 356 g/mol. The predicted molar refractivity (Wildman–Crippen MR) is 100 cm³/mol. The van der Waals surface area contributed by atoms with Gasteiger partial charge in [-0.15, -0.1) is 0 Å². The molecule has 1 saturated heterocycles. The molecule has 0 aliphatic carbocycles. The molecule has 1 heterocycles. The highest BCUT2D eigenvalue weighted by molar-refractivity contribution is 5.76. The van der Waals surface area contributed by atoms with Crippen LogP contribution in [0.25, 0.3) is 0 Å². The number of carbonyl (C=O) groups excluding carboxylic acids is 2. The molecule has 1 aliphatic heterocycles. The van der Waals surface area contributed by atoms with Gasteiger partial charge >= 0.3 is 0 Å². The Morgan fingerprint density at radius 2 is 1.84 bits per heavy atom. The SMILES string of the molecule is CC(C)OC1CCN(C(=O)CCCCCNC(=O)CCCCCN)C1. The van der Waals surface area contributed by atoms with Gasteiger partial charge < -0.3 is 20.7 Å². The summed E-state index contributed by atoms with van der Waals surface area (Å²) in [5, 5.41) is 2.94. The maximum Gasteiger partial charge on any atom is 0.222 e. The molecular formula is C19H37N3O3. The van der Waals surface area contributed by atoms with Crippen LogP contribution in [0.15, 0.2) is 0 Å². The van der Waals surface area contributed by atoms with Crippen LogP contribution in [0.2, 0.25) is 0 Å². The van der Waals surface area contributed by atoms with Gasteiger partial charge in [0.1, 0.15) is 0 Å². The van der Waals surface area contributed by atoms with E-state index >= 15 is 0 Å². The Balaban J connectivity index is 1.97. The second-order valence-corrected chi connectivity index (χ2v) is 7.20. The van der Waals surface area contributed by atoms with Crippen molar-refractivity contribution in [1.29, 1.82) is 0 Å². The third kappa shape index (κ3) is 10.4. The molecule has 0 aromatic heterocycles. The maximum absolute atomic E-state index is 12.2. The Morgan fingerprint density at radius 1 is 1.12 bits per heavy atom. The van der Waals surface area contributed by atoms with Gasteiger partial charge in [-0.25, -0.2) is 0 Å². The lowest BCUT2D eigenvalue weighted by Gasteiger charge is -2.18. The van der Waals surface area contributed by atoms with Crippen molar-refractivity contribution >= 4 is 11.8 Å². The summed E-state index contributed by atoms with van der Waals surface area (Å²) in [4.78, 5) is 25.7. The summed E-state index contributed by atoms with van der Waals surface area (Å²) in [6.45, 7) is 7.02. The zero-order valence-corrected chi connectivity index (χ0v) is 16.1. The van der Waals surface area contributed by atoms with E-state index in [4.69, 9.17) is 10.5 Å². The van der Waals surface area contributed by atoms with Gasteiger partial charge in [-0.3, -0.25) is 9.59 Å². The Labute approximate surface area is 152 Å². The molecule has 1 fully saturated rings. The number of likely N-dealkylation sites (tertiary alicyclic amines) is 1. The van der Waals surface area contributed by atoms with Crippen LogP contribution in [0.3, 0.4) is 0 Å². The Morgan fingerprint density at radius 3 is 2.56 bits per heavy atom. The number of carbonyl (C=O) groups is 2. The second-order valence-electron chi connectivity index (χ2n) is 7.20. The number of rotatable bonds is 13. The predicted octanol–water partition coefficient (Wildman–Crippen LogP) is 2.21. The number of hydrogen-bond acceptors (Lipinski definition) is 4. The highest BCUT2D eigenvalue weighted by Gasteiger charge is 2.26.